The number of anilines is 1. The quantitative estimate of drug-likeness (QED) is 0.595. The molecule has 3 aromatic rings. The van der Waals surface area contributed by atoms with Gasteiger partial charge in [0.25, 0.3) is 5.91 Å². The fourth-order valence-electron chi connectivity index (χ4n) is 2.78. The molecular formula is C20H20BrN3O4. The number of carbonyl (C=O) groups excluding carboxylic acids is 1. The molecule has 2 aromatic carbocycles. The predicted molar refractivity (Wildman–Crippen MR) is 109 cm³/mol. The lowest BCUT2D eigenvalue weighted by Crippen LogP contribution is -2.24. The van der Waals surface area contributed by atoms with Crippen molar-refractivity contribution in [2.75, 3.05) is 26.6 Å². The Hall–Kier alpha value is -2.84. The number of rotatable bonds is 7. The first-order chi connectivity index (χ1) is 13.6. The van der Waals surface area contributed by atoms with Gasteiger partial charge in [-0.15, -0.1) is 0 Å². The highest BCUT2D eigenvalue weighted by atomic mass is 79.9. The molecule has 0 saturated carbocycles. The maximum Gasteiger partial charge on any atom is 0.259 e. The number of ether oxygens (including phenoxy) is 3. The van der Waals surface area contributed by atoms with Gasteiger partial charge in [0.05, 0.1) is 26.1 Å². The molecule has 1 heterocycles. The normalized spacial score (nSPS) is 11.7. The number of nitrogens with one attached hydrogen (secondary N) is 1. The Morgan fingerprint density at radius 1 is 1.04 bits per heavy atom. The van der Waals surface area contributed by atoms with E-state index >= 15 is 0 Å². The summed E-state index contributed by atoms with van der Waals surface area (Å²) >= 11 is 3.39. The van der Waals surface area contributed by atoms with Gasteiger partial charge < -0.3 is 19.5 Å². The summed E-state index contributed by atoms with van der Waals surface area (Å²) in [7, 11) is 4.64. The minimum Gasteiger partial charge on any atom is -0.493 e. The van der Waals surface area contributed by atoms with Crippen molar-refractivity contribution >= 4 is 27.7 Å². The molecule has 0 aliphatic heterocycles. The Morgan fingerprint density at radius 2 is 1.75 bits per heavy atom. The first kappa shape index (κ1) is 19.9. The van der Waals surface area contributed by atoms with E-state index < -0.39 is 6.10 Å². The van der Waals surface area contributed by atoms with Gasteiger partial charge in [-0.25, -0.2) is 4.68 Å². The lowest BCUT2D eigenvalue weighted by molar-refractivity contribution is -0.126. The van der Waals surface area contributed by atoms with Crippen molar-refractivity contribution in [2.24, 2.45) is 0 Å². The molecule has 0 fully saturated rings. The van der Waals surface area contributed by atoms with Crippen molar-refractivity contribution in [1.82, 2.24) is 9.78 Å². The lowest BCUT2D eigenvalue weighted by atomic mass is 10.1. The highest BCUT2D eigenvalue weighted by molar-refractivity contribution is 9.10. The Bertz CT molecular complexity index is 956. The number of hydrogen-bond donors (Lipinski definition) is 1. The van der Waals surface area contributed by atoms with Crippen molar-refractivity contribution < 1.29 is 19.0 Å². The number of methoxy groups -OCH3 is 3. The summed E-state index contributed by atoms with van der Waals surface area (Å²) in [6.45, 7) is 0. The van der Waals surface area contributed by atoms with Crippen LogP contribution in [0.25, 0.3) is 5.69 Å². The van der Waals surface area contributed by atoms with Crippen molar-refractivity contribution in [3.05, 3.63) is 64.8 Å². The van der Waals surface area contributed by atoms with Gasteiger partial charge in [-0.1, -0.05) is 28.1 Å². The van der Waals surface area contributed by atoms with Crippen LogP contribution in [-0.4, -0.2) is 37.0 Å². The molecule has 0 aliphatic rings. The second-order valence-electron chi connectivity index (χ2n) is 5.82. The minimum absolute atomic E-state index is 0.299. The number of amides is 1. The fraction of sp³-hybridized carbons (Fsp3) is 0.200. The van der Waals surface area contributed by atoms with E-state index in [1.165, 1.54) is 7.11 Å². The number of aromatic nitrogens is 2. The fourth-order valence-corrected chi connectivity index (χ4v) is 3.05. The molecule has 3 rings (SSSR count). The molecule has 1 N–H and O–H groups in total. The average molecular weight is 446 g/mol. The lowest BCUT2D eigenvalue weighted by Gasteiger charge is -2.17. The Morgan fingerprint density at radius 3 is 2.39 bits per heavy atom. The van der Waals surface area contributed by atoms with Crippen LogP contribution in [0.5, 0.6) is 11.5 Å². The summed E-state index contributed by atoms with van der Waals surface area (Å²) in [6, 6.07) is 14.5. The molecule has 1 amide bonds. The maximum absolute atomic E-state index is 12.8. The third kappa shape index (κ3) is 4.18. The second-order valence-corrected chi connectivity index (χ2v) is 6.74. The standard InChI is InChI=1S/C20H20BrN3O4/c1-26-16-9-8-15(12-17(16)27-2)24-18(10-11-22-24)23-20(25)19(28-3)13-4-6-14(21)7-5-13/h4-12,19H,1-3H3,(H,23,25). The molecule has 0 radical (unpaired) electrons. The summed E-state index contributed by atoms with van der Waals surface area (Å²) in [5, 5.41) is 7.17. The summed E-state index contributed by atoms with van der Waals surface area (Å²) < 4.78 is 18.5. The van der Waals surface area contributed by atoms with Crippen LogP contribution in [0.15, 0.2) is 59.2 Å². The van der Waals surface area contributed by atoms with E-state index in [0.717, 1.165) is 15.7 Å². The van der Waals surface area contributed by atoms with E-state index in [9.17, 15) is 4.79 Å². The number of halogens is 1. The molecule has 7 nitrogen and oxygen atoms in total. The predicted octanol–water partition coefficient (Wildman–Crippen LogP) is 3.98. The third-order valence-corrected chi connectivity index (χ3v) is 4.68. The Labute approximate surface area is 171 Å². The van der Waals surface area contributed by atoms with Gasteiger partial charge in [-0.2, -0.15) is 5.10 Å². The molecule has 0 aliphatic carbocycles. The summed E-state index contributed by atoms with van der Waals surface area (Å²) in [5.41, 5.74) is 1.47. The van der Waals surface area contributed by atoms with Crippen LogP contribution in [0.1, 0.15) is 11.7 Å². The van der Waals surface area contributed by atoms with E-state index in [1.54, 1.807) is 43.3 Å². The van der Waals surface area contributed by atoms with E-state index in [4.69, 9.17) is 14.2 Å². The first-order valence-electron chi connectivity index (χ1n) is 8.43. The third-order valence-electron chi connectivity index (χ3n) is 4.15. The maximum atomic E-state index is 12.8. The van der Waals surface area contributed by atoms with Crippen molar-refractivity contribution in [3.8, 4) is 17.2 Å². The molecule has 8 heteroatoms. The van der Waals surface area contributed by atoms with Gasteiger partial charge in [-0.3, -0.25) is 4.79 Å². The number of benzene rings is 2. The van der Waals surface area contributed by atoms with Crippen molar-refractivity contribution in [2.45, 2.75) is 6.10 Å². The van der Waals surface area contributed by atoms with E-state index in [1.807, 2.05) is 30.3 Å². The molecule has 1 unspecified atom stereocenters. The van der Waals surface area contributed by atoms with E-state index in [-0.39, 0.29) is 5.91 Å². The van der Waals surface area contributed by atoms with Crippen LogP contribution < -0.4 is 14.8 Å². The number of hydrogen-bond acceptors (Lipinski definition) is 5. The highest BCUT2D eigenvalue weighted by Crippen LogP contribution is 2.30. The van der Waals surface area contributed by atoms with Gasteiger partial charge in [0.2, 0.25) is 0 Å². The smallest absolute Gasteiger partial charge is 0.259 e. The number of nitrogens with zero attached hydrogens (tertiary/aromatic N) is 2. The SMILES string of the molecule is COc1ccc(-n2nccc2NC(=O)C(OC)c2ccc(Br)cc2)cc1OC. The van der Waals surface area contributed by atoms with Gasteiger partial charge in [0, 0.05) is 23.7 Å². The van der Waals surface area contributed by atoms with Crippen LogP contribution >= 0.6 is 15.9 Å². The number of carbonyl (C=O) groups is 1. The topological polar surface area (TPSA) is 74.6 Å². The minimum atomic E-state index is -0.748. The summed E-state index contributed by atoms with van der Waals surface area (Å²) in [4.78, 5) is 12.8. The van der Waals surface area contributed by atoms with E-state index in [0.29, 0.717) is 17.3 Å². The monoisotopic (exact) mass is 445 g/mol. The molecule has 146 valence electrons. The molecule has 0 bridgehead atoms. The van der Waals surface area contributed by atoms with Crippen molar-refractivity contribution in [3.63, 3.8) is 0 Å². The van der Waals surface area contributed by atoms with Crippen molar-refractivity contribution in [1.29, 1.82) is 0 Å². The molecule has 1 atom stereocenters. The Balaban J connectivity index is 1.85. The molecule has 28 heavy (non-hydrogen) atoms. The van der Waals surface area contributed by atoms with Crippen LogP contribution in [0.4, 0.5) is 5.82 Å². The van der Waals surface area contributed by atoms with E-state index in [2.05, 4.69) is 26.3 Å². The molecule has 0 spiro atoms. The molecule has 1 aromatic heterocycles. The van der Waals surface area contributed by atoms with Crippen LogP contribution in [0, 0.1) is 0 Å². The van der Waals surface area contributed by atoms with Gasteiger partial charge >= 0.3 is 0 Å². The van der Waals surface area contributed by atoms with Gasteiger partial charge in [0.1, 0.15) is 5.82 Å². The zero-order valence-electron chi connectivity index (χ0n) is 15.7. The second kappa shape index (κ2) is 8.90. The van der Waals surface area contributed by atoms with Gasteiger partial charge in [0.15, 0.2) is 17.6 Å². The zero-order chi connectivity index (χ0) is 20.1. The summed E-state index contributed by atoms with van der Waals surface area (Å²) in [6.07, 6.45) is 0.857. The van der Waals surface area contributed by atoms with Crippen LogP contribution in [0.3, 0.4) is 0 Å². The van der Waals surface area contributed by atoms with Crippen LogP contribution in [-0.2, 0) is 9.53 Å². The highest BCUT2D eigenvalue weighted by Gasteiger charge is 2.22. The molecular weight excluding hydrogens is 426 g/mol. The summed E-state index contributed by atoms with van der Waals surface area (Å²) in [5.74, 6) is 1.39. The van der Waals surface area contributed by atoms with Crippen LogP contribution in [0.2, 0.25) is 0 Å². The van der Waals surface area contributed by atoms with Gasteiger partial charge in [-0.05, 0) is 29.8 Å². The largest absolute Gasteiger partial charge is 0.493 e. The average Bonchev–Trinajstić information content (AvgIpc) is 3.17. The Kier molecular flexibility index (Phi) is 6.33. The molecule has 0 saturated heterocycles. The first-order valence-corrected chi connectivity index (χ1v) is 9.22. The zero-order valence-corrected chi connectivity index (χ0v) is 17.3.